The molecule has 2 aromatic carbocycles. The van der Waals surface area contributed by atoms with E-state index in [1.807, 2.05) is 26.0 Å². The molecule has 9 heteroatoms. The average molecular weight is 516 g/mol. The van der Waals surface area contributed by atoms with Gasteiger partial charge in [0.2, 0.25) is 10.0 Å². The minimum Gasteiger partial charge on any atom is -0.304 e. The highest BCUT2D eigenvalue weighted by Crippen LogP contribution is 2.28. The minimum absolute atomic E-state index is 0.0200. The summed E-state index contributed by atoms with van der Waals surface area (Å²) in [6.45, 7) is 4.69. The molecular weight excluding hydrogens is 490 g/mol. The van der Waals surface area contributed by atoms with Crippen molar-refractivity contribution in [2.45, 2.75) is 57.0 Å². The maximum Gasteiger partial charge on any atom is 0.279 e. The number of sulfonamides is 1. The predicted molar refractivity (Wildman–Crippen MR) is 137 cm³/mol. The molecule has 0 N–H and O–H groups in total. The van der Waals surface area contributed by atoms with Crippen molar-refractivity contribution < 1.29 is 13.2 Å². The molecule has 2 heterocycles. The molecule has 1 aliphatic rings. The Balaban J connectivity index is 1.68. The van der Waals surface area contributed by atoms with Crippen molar-refractivity contribution >= 4 is 49.1 Å². The number of carbonyl (C=O) groups excluding carboxylic acids is 1. The van der Waals surface area contributed by atoms with Gasteiger partial charge < -0.3 is 4.57 Å². The molecule has 1 fully saturated rings. The summed E-state index contributed by atoms with van der Waals surface area (Å²) in [5.41, 5.74) is 2.04. The number of hydrogen-bond donors (Lipinski definition) is 0. The summed E-state index contributed by atoms with van der Waals surface area (Å²) in [5, 5.41) is 0.616. The third kappa shape index (κ3) is 4.58. The summed E-state index contributed by atoms with van der Waals surface area (Å²) in [5.74, 6) is 2.15. The third-order valence-corrected chi connectivity index (χ3v) is 9.65. The Morgan fingerprint density at radius 2 is 1.97 bits per heavy atom. The fourth-order valence-corrected chi connectivity index (χ4v) is 7.40. The lowest BCUT2D eigenvalue weighted by Crippen LogP contribution is -2.43. The van der Waals surface area contributed by atoms with Gasteiger partial charge in [-0.15, -0.1) is 6.42 Å². The van der Waals surface area contributed by atoms with E-state index in [0.717, 1.165) is 41.5 Å². The van der Waals surface area contributed by atoms with Crippen LogP contribution in [0.1, 0.15) is 48.5 Å². The first-order valence-electron chi connectivity index (χ1n) is 11.2. The fourth-order valence-electron chi connectivity index (χ4n) is 4.39. The van der Waals surface area contributed by atoms with Gasteiger partial charge in [0.05, 0.1) is 21.7 Å². The Kier molecular flexibility index (Phi) is 7.29. The first-order valence-corrected chi connectivity index (χ1v) is 13.8. The first kappa shape index (κ1) is 24.7. The summed E-state index contributed by atoms with van der Waals surface area (Å²) in [7, 11) is -3.61. The van der Waals surface area contributed by atoms with Gasteiger partial charge in [0.1, 0.15) is 0 Å². The number of amides is 1. The van der Waals surface area contributed by atoms with Gasteiger partial charge in [0.15, 0.2) is 4.80 Å². The summed E-state index contributed by atoms with van der Waals surface area (Å²) < 4.78 is 30.7. The predicted octanol–water partition coefficient (Wildman–Crippen LogP) is 4.99. The van der Waals surface area contributed by atoms with E-state index in [1.165, 1.54) is 35.6 Å². The quantitative estimate of drug-likeness (QED) is 0.449. The van der Waals surface area contributed by atoms with Gasteiger partial charge in [-0.05, 0) is 68.1 Å². The highest BCUT2D eigenvalue weighted by atomic mass is 35.5. The molecule has 0 aliphatic carbocycles. The lowest BCUT2D eigenvalue weighted by molar-refractivity contribution is 0.0997. The van der Waals surface area contributed by atoms with Crippen LogP contribution in [0.15, 0.2) is 46.3 Å². The van der Waals surface area contributed by atoms with E-state index in [-0.39, 0.29) is 17.5 Å². The zero-order valence-electron chi connectivity index (χ0n) is 19.1. The van der Waals surface area contributed by atoms with E-state index in [1.54, 1.807) is 8.87 Å². The zero-order valence-corrected chi connectivity index (χ0v) is 21.5. The maximum absolute atomic E-state index is 13.2. The van der Waals surface area contributed by atoms with Crippen LogP contribution in [0.25, 0.3) is 10.2 Å². The number of hydrogen-bond acceptors (Lipinski definition) is 4. The van der Waals surface area contributed by atoms with E-state index in [2.05, 4.69) is 10.9 Å². The average Bonchev–Trinajstić information content (AvgIpc) is 3.19. The number of aryl methyl sites for hydroxylation is 1. The van der Waals surface area contributed by atoms with Crippen LogP contribution in [0, 0.1) is 19.3 Å². The molecular formula is C25H26ClN3O3S2. The van der Waals surface area contributed by atoms with Crippen LogP contribution < -0.4 is 4.80 Å². The Hall–Kier alpha value is -2.44. The summed E-state index contributed by atoms with van der Waals surface area (Å²) in [6.07, 6.45) is 9.13. The fraction of sp³-hybridized carbons (Fsp3) is 0.360. The maximum atomic E-state index is 13.2. The normalized spacial score (nSPS) is 17.7. The second-order valence-corrected chi connectivity index (χ2v) is 11.6. The number of carbonyl (C=O) groups is 1. The highest BCUT2D eigenvalue weighted by molar-refractivity contribution is 7.89. The number of aromatic nitrogens is 1. The largest absolute Gasteiger partial charge is 0.304 e. The highest BCUT2D eigenvalue weighted by Gasteiger charge is 2.32. The SMILES string of the molecule is C#CCn1c(=NC(=O)c2ccc(S(=O)(=O)N3CCCCC3CC)cc2)sc2ccc(Cl)c(C)c21. The number of piperidine rings is 1. The molecule has 1 saturated heterocycles. The molecule has 0 bridgehead atoms. The van der Waals surface area contributed by atoms with Crippen molar-refractivity contribution in [3.8, 4) is 12.3 Å². The van der Waals surface area contributed by atoms with E-state index >= 15 is 0 Å². The molecule has 1 aliphatic heterocycles. The van der Waals surface area contributed by atoms with Gasteiger partial charge in [-0.2, -0.15) is 9.30 Å². The van der Waals surface area contributed by atoms with E-state index in [4.69, 9.17) is 18.0 Å². The Bertz CT molecular complexity index is 1450. The Morgan fingerprint density at radius 3 is 2.65 bits per heavy atom. The van der Waals surface area contributed by atoms with Crippen LogP contribution in [-0.4, -0.2) is 35.8 Å². The number of nitrogens with zero attached hydrogens (tertiary/aromatic N) is 3. The summed E-state index contributed by atoms with van der Waals surface area (Å²) in [4.78, 5) is 17.9. The molecule has 4 rings (SSSR count). The zero-order chi connectivity index (χ0) is 24.5. The first-order chi connectivity index (χ1) is 16.3. The molecule has 3 aromatic rings. The van der Waals surface area contributed by atoms with Crippen LogP contribution in [0.4, 0.5) is 0 Å². The number of thiazole rings is 1. The minimum atomic E-state index is -3.61. The van der Waals surface area contributed by atoms with Gasteiger partial charge in [0.25, 0.3) is 5.91 Å². The lowest BCUT2D eigenvalue weighted by Gasteiger charge is -2.34. The van der Waals surface area contributed by atoms with Gasteiger partial charge in [-0.1, -0.05) is 42.2 Å². The molecule has 0 radical (unpaired) electrons. The van der Waals surface area contributed by atoms with Gasteiger partial charge in [-0.25, -0.2) is 8.42 Å². The van der Waals surface area contributed by atoms with Crippen molar-refractivity contribution in [3.63, 3.8) is 0 Å². The molecule has 1 aromatic heterocycles. The topological polar surface area (TPSA) is 71.7 Å². The van der Waals surface area contributed by atoms with Crippen LogP contribution in [0.2, 0.25) is 5.02 Å². The molecule has 0 spiro atoms. The van der Waals surface area contributed by atoms with E-state index in [9.17, 15) is 13.2 Å². The second kappa shape index (κ2) is 10.0. The molecule has 0 saturated carbocycles. The van der Waals surface area contributed by atoms with Crippen LogP contribution >= 0.6 is 22.9 Å². The number of halogens is 1. The molecule has 178 valence electrons. The standard InChI is InChI=1S/C25H26ClN3O3S2/c1-4-15-28-23-17(3)21(26)13-14-22(23)33-25(28)27-24(30)18-9-11-20(12-10-18)34(31,32)29-16-7-6-8-19(29)5-2/h1,9-14,19H,5-8,15-16H2,2-3H3. The molecule has 1 unspecified atom stereocenters. The van der Waals surface area contributed by atoms with Crippen molar-refractivity contribution in [2.75, 3.05) is 6.54 Å². The van der Waals surface area contributed by atoms with Crippen molar-refractivity contribution in [1.29, 1.82) is 0 Å². The summed E-state index contributed by atoms with van der Waals surface area (Å²) in [6, 6.07) is 9.73. The molecule has 34 heavy (non-hydrogen) atoms. The Labute approximate surface area is 208 Å². The van der Waals surface area contributed by atoms with Crippen molar-refractivity contribution in [2.24, 2.45) is 4.99 Å². The smallest absolute Gasteiger partial charge is 0.279 e. The number of fused-ring (bicyclic) bond motifs is 1. The number of terminal acetylenes is 1. The lowest BCUT2D eigenvalue weighted by atomic mass is 10.0. The number of rotatable bonds is 5. The number of benzene rings is 2. The third-order valence-electron chi connectivity index (χ3n) is 6.23. The van der Waals surface area contributed by atoms with Gasteiger partial charge in [-0.3, -0.25) is 4.79 Å². The van der Waals surface area contributed by atoms with Crippen molar-refractivity contribution in [3.05, 3.63) is 57.3 Å². The van der Waals surface area contributed by atoms with Crippen LogP contribution in [0.3, 0.4) is 0 Å². The monoisotopic (exact) mass is 515 g/mol. The summed E-state index contributed by atoms with van der Waals surface area (Å²) >= 11 is 7.64. The van der Waals surface area contributed by atoms with Crippen LogP contribution in [-0.2, 0) is 16.6 Å². The van der Waals surface area contributed by atoms with Crippen molar-refractivity contribution in [1.82, 2.24) is 8.87 Å². The van der Waals surface area contributed by atoms with E-state index in [0.29, 0.717) is 21.9 Å². The second-order valence-electron chi connectivity index (χ2n) is 8.31. The van der Waals surface area contributed by atoms with E-state index < -0.39 is 15.9 Å². The van der Waals surface area contributed by atoms with Crippen LogP contribution in [0.5, 0.6) is 0 Å². The van der Waals surface area contributed by atoms with Gasteiger partial charge >= 0.3 is 0 Å². The molecule has 1 amide bonds. The van der Waals surface area contributed by atoms with Gasteiger partial charge in [0, 0.05) is 23.2 Å². The Morgan fingerprint density at radius 1 is 1.24 bits per heavy atom. The molecule has 1 atom stereocenters. The molecule has 6 nitrogen and oxygen atoms in total.